The van der Waals surface area contributed by atoms with Gasteiger partial charge in [-0.25, -0.2) is 4.79 Å². The summed E-state index contributed by atoms with van der Waals surface area (Å²) in [5, 5.41) is 19.6. The van der Waals surface area contributed by atoms with Crippen molar-refractivity contribution >= 4 is 27.6 Å². The van der Waals surface area contributed by atoms with E-state index in [1.165, 1.54) is 6.07 Å². The standard InChI is InChI=1S/C10H7BrN2O4/c1-2-17-10(14)8-7(13(15)16)4-3-6(5-12)9(8)11/h3-4H,2H2,1H3. The quantitative estimate of drug-likeness (QED) is 0.485. The van der Waals surface area contributed by atoms with Crippen molar-refractivity contribution in [1.29, 1.82) is 5.26 Å². The number of hydrogen-bond acceptors (Lipinski definition) is 5. The van der Waals surface area contributed by atoms with Gasteiger partial charge in [0.25, 0.3) is 5.69 Å². The average molecular weight is 299 g/mol. The minimum atomic E-state index is -0.830. The normalized spacial score (nSPS) is 9.47. The predicted molar refractivity (Wildman–Crippen MR) is 61.5 cm³/mol. The lowest BCUT2D eigenvalue weighted by Gasteiger charge is -2.06. The van der Waals surface area contributed by atoms with Gasteiger partial charge in [-0.3, -0.25) is 10.1 Å². The van der Waals surface area contributed by atoms with Crippen LogP contribution in [0.25, 0.3) is 0 Å². The Morgan fingerprint density at radius 3 is 2.76 bits per heavy atom. The van der Waals surface area contributed by atoms with E-state index in [9.17, 15) is 14.9 Å². The molecule has 0 aliphatic carbocycles. The van der Waals surface area contributed by atoms with Gasteiger partial charge in [-0.15, -0.1) is 0 Å². The first-order valence-corrected chi connectivity index (χ1v) is 5.36. The third kappa shape index (κ3) is 2.60. The number of ether oxygens (including phenoxy) is 1. The van der Waals surface area contributed by atoms with E-state index in [1.54, 1.807) is 6.92 Å². The van der Waals surface area contributed by atoms with Gasteiger partial charge in [-0.1, -0.05) is 0 Å². The highest BCUT2D eigenvalue weighted by molar-refractivity contribution is 9.10. The zero-order chi connectivity index (χ0) is 13.0. The molecule has 1 rings (SSSR count). The van der Waals surface area contributed by atoms with Gasteiger partial charge >= 0.3 is 5.97 Å². The Hall–Kier alpha value is -1.94. The van der Waals surface area contributed by atoms with Crippen molar-refractivity contribution in [2.75, 3.05) is 6.61 Å². The van der Waals surface area contributed by atoms with Crippen molar-refractivity contribution in [2.24, 2.45) is 0 Å². The second-order valence-corrected chi connectivity index (χ2v) is 3.70. The molecule has 0 N–H and O–H groups in total. The maximum absolute atomic E-state index is 11.6. The number of carbonyl (C=O) groups excluding carboxylic acids is 1. The molecule has 0 amide bonds. The number of rotatable bonds is 3. The maximum Gasteiger partial charge on any atom is 0.346 e. The third-order valence-electron chi connectivity index (χ3n) is 1.92. The molecule has 88 valence electrons. The topological polar surface area (TPSA) is 93.2 Å². The molecule has 0 aliphatic rings. The van der Waals surface area contributed by atoms with Crippen LogP contribution in [0.5, 0.6) is 0 Å². The molecule has 0 aliphatic heterocycles. The lowest BCUT2D eigenvalue weighted by Crippen LogP contribution is -2.09. The summed E-state index contributed by atoms with van der Waals surface area (Å²) in [7, 11) is 0. The fourth-order valence-corrected chi connectivity index (χ4v) is 1.79. The number of carbonyl (C=O) groups is 1. The predicted octanol–water partition coefficient (Wildman–Crippen LogP) is 2.41. The smallest absolute Gasteiger partial charge is 0.346 e. The highest BCUT2D eigenvalue weighted by Gasteiger charge is 2.26. The molecule has 1 aromatic carbocycles. The largest absolute Gasteiger partial charge is 0.462 e. The number of nitrogens with zero attached hydrogens (tertiary/aromatic N) is 2. The van der Waals surface area contributed by atoms with Crippen molar-refractivity contribution in [1.82, 2.24) is 0 Å². The van der Waals surface area contributed by atoms with Crippen molar-refractivity contribution in [3.05, 3.63) is 37.8 Å². The van der Waals surface area contributed by atoms with E-state index < -0.39 is 16.6 Å². The van der Waals surface area contributed by atoms with E-state index in [0.717, 1.165) is 6.07 Å². The van der Waals surface area contributed by atoms with E-state index in [-0.39, 0.29) is 22.2 Å². The Bertz CT molecular complexity index is 522. The first-order valence-electron chi connectivity index (χ1n) is 4.57. The summed E-state index contributed by atoms with van der Waals surface area (Å²) in [5.41, 5.74) is -0.496. The number of halogens is 1. The molecule has 1 aromatic rings. The first-order chi connectivity index (χ1) is 8.02. The second kappa shape index (κ2) is 5.41. The molecule has 0 atom stereocenters. The Kier molecular flexibility index (Phi) is 4.17. The van der Waals surface area contributed by atoms with Crippen molar-refractivity contribution in [3.8, 4) is 6.07 Å². The fourth-order valence-electron chi connectivity index (χ4n) is 1.20. The number of esters is 1. The molecule has 0 aromatic heterocycles. The summed E-state index contributed by atoms with van der Waals surface area (Å²) >= 11 is 3.00. The van der Waals surface area contributed by atoms with Gasteiger partial charge in [-0.2, -0.15) is 5.26 Å². The summed E-state index contributed by atoms with van der Waals surface area (Å²) in [6, 6.07) is 4.20. The lowest BCUT2D eigenvalue weighted by molar-refractivity contribution is -0.385. The Morgan fingerprint density at radius 2 is 2.29 bits per heavy atom. The summed E-state index contributed by atoms with van der Waals surface area (Å²) < 4.78 is 4.79. The van der Waals surface area contributed by atoms with Crippen molar-refractivity contribution in [3.63, 3.8) is 0 Å². The van der Waals surface area contributed by atoms with E-state index >= 15 is 0 Å². The molecule has 17 heavy (non-hydrogen) atoms. The molecule has 0 unspecified atom stereocenters. The van der Waals surface area contributed by atoms with E-state index in [0.29, 0.717) is 0 Å². The van der Waals surface area contributed by atoms with Crippen LogP contribution in [0.3, 0.4) is 0 Å². The molecular formula is C10H7BrN2O4. The molecule has 0 fully saturated rings. The van der Waals surface area contributed by atoms with Crippen LogP contribution in [0.4, 0.5) is 5.69 Å². The van der Waals surface area contributed by atoms with Crippen LogP contribution < -0.4 is 0 Å². The molecule has 0 saturated carbocycles. The molecule has 7 heteroatoms. The maximum atomic E-state index is 11.6. The van der Waals surface area contributed by atoms with Crippen LogP contribution in [-0.4, -0.2) is 17.5 Å². The highest BCUT2D eigenvalue weighted by Crippen LogP contribution is 2.30. The summed E-state index contributed by atoms with van der Waals surface area (Å²) in [6.07, 6.45) is 0. The minimum Gasteiger partial charge on any atom is -0.462 e. The molecule has 0 heterocycles. The first kappa shape index (κ1) is 13.1. The number of nitro groups is 1. The van der Waals surface area contributed by atoms with Gasteiger partial charge < -0.3 is 4.74 Å². The number of benzene rings is 1. The molecule has 0 saturated heterocycles. The van der Waals surface area contributed by atoms with E-state index in [1.807, 2.05) is 6.07 Å². The van der Waals surface area contributed by atoms with Crippen LogP contribution in [0.1, 0.15) is 22.8 Å². The number of hydrogen-bond donors (Lipinski definition) is 0. The molecule has 0 radical (unpaired) electrons. The number of nitro benzene ring substituents is 1. The van der Waals surface area contributed by atoms with Gasteiger partial charge in [0, 0.05) is 6.07 Å². The van der Waals surface area contributed by atoms with E-state index in [4.69, 9.17) is 10.00 Å². The fraction of sp³-hybridized carbons (Fsp3) is 0.200. The Balaban J connectivity index is 3.46. The monoisotopic (exact) mass is 298 g/mol. The Labute approximate surface area is 105 Å². The molecule has 6 nitrogen and oxygen atoms in total. The number of nitriles is 1. The molecule has 0 bridgehead atoms. The zero-order valence-electron chi connectivity index (χ0n) is 8.77. The van der Waals surface area contributed by atoms with Crippen molar-refractivity contribution < 1.29 is 14.5 Å². The minimum absolute atomic E-state index is 0.0765. The van der Waals surface area contributed by atoms with Gasteiger partial charge in [0.2, 0.25) is 0 Å². The highest BCUT2D eigenvalue weighted by atomic mass is 79.9. The summed E-state index contributed by atoms with van der Waals surface area (Å²) in [6.45, 7) is 1.69. The van der Waals surface area contributed by atoms with Crippen LogP contribution in [-0.2, 0) is 4.74 Å². The average Bonchev–Trinajstić information content (AvgIpc) is 2.28. The van der Waals surface area contributed by atoms with Crippen LogP contribution in [0, 0.1) is 21.4 Å². The second-order valence-electron chi connectivity index (χ2n) is 2.91. The SMILES string of the molecule is CCOC(=O)c1c([N+](=O)[O-])ccc(C#N)c1Br. The molecule has 0 spiro atoms. The Morgan fingerprint density at radius 1 is 1.65 bits per heavy atom. The third-order valence-corrected chi connectivity index (χ3v) is 2.74. The van der Waals surface area contributed by atoms with Gasteiger partial charge in [0.05, 0.1) is 21.6 Å². The van der Waals surface area contributed by atoms with Crippen LogP contribution in [0.2, 0.25) is 0 Å². The van der Waals surface area contributed by atoms with Gasteiger partial charge in [0.1, 0.15) is 6.07 Å². The molecular weight excluding hydrogens is 292 g/mol. The van der Waals surface area contributed by atoms with Crippen LogP contribution >= 0.6 is 15.9 Å². The lowest BCUT2D eigenvalue weighted by atomic mass is 10.1. The summed E-state index contributed by atoms with van der Waals surface area (Å²) in [5.74, 6) is -0.830. The van der Waals surface area contributed by atoms with E-state index in [2.05, 4.69) is 15.9 Å². The van der Waals surface area contributed by atoms with Gasteiger partial charge in [0.15, 0.2) is 5.56 Å². The zero-order valence-corrected chi connectivity index (χ0v) is 10.4. The van der Waals surface area contributed by atoms with Gasteiger partial charge in [-0.05, 0) is 28.9 Å². The van der Waals surface area contributed by atoms with Crippen molar-refractivity contribution in [2.45, 2.75) is 6.92 Å². The summed E-state index contributed by atoms with van der Waals surface area (Å²) in [4.78, 5) is 21.7. The van der Waals surface area contributed by atoms with Crippen LogP contribution in [0.15, 0.2) is 16.6 Å².